The fourth-order valence-corrected chi connectivity index (χ4v) is 7.47. The highest BCUT2D eigenvalue weighted by molar-refractivity contribution is 9.11. The second kappa shape index (κ2) is 9.60. The Morgan fingerprint density at radius 1 is 1.32 bits per heavy atom. The van der Waals surface area contributed by atoms with E-state index in [4.69, 9.17) is 4.98 Å². The molecule has 1 N–H and O–H groups in total. The molecule has 5 nitrogen and oxygen atoms in total. The number of aryl methyl sites for hydroxylation is 3. The zero-order valence-electron chi connectivity index (χ0n) is 17.0. The van der Waals surface area contributed by atoms with Crippen LogP contribution in [0, 0.1) is 6.92 Å². The number of carbonyl (C=O) groups is 1. The second-order valence-corrected chi connectivity index (χ2v) is 11.2. The maximum absolute atomic E-state index is 13.3. The van der Waals surface area contributed by atoms with Gasteiger partial charge in [0.05, 0.1) is 16.8 Å². The maximum Gasteiger partial charge on any atom is 0.263 e. The Hall–Kier alpha value is -1.42. The molecule has 9 heteroatoms. The number of amides is 1. The largest absolute Gasteiger partial charge is 0.323 e. The quantitative estimate of drug-likeness (QED) is 0.217. The first kappa shape index (κ1) is 22.8. The Morgan fingerprint density at radius 2 is 2.03 bits per heavy atom. The van der Waals surface area contributed by atoms with Crippen molar-refractivity contribution in [3.05, 3.63) is 60.1 Å². The van der Waals surface area contributed by atoms with Crippen LogP contribution in [-0.2, 0) is 24.2 Å². The number of thiophene rings is 1. The minimum Gasteiger partial charge on any atom is -0.323 e. The summed E-state index contributed by atoms with van der Waals surface area (Å²) in [4.78, 5) is 32.8. The van der Waals surface area contributed by atoms with Crippen LogP contribution in [-0.4, -0.2) is 21.2 Å². The number of hydrogen-bond acceptors (Lipinski definition) is 5. The molecule has 4 rings (SSSR count). The third-order valence-corrected chi connectivity index (χ3v) is 8.55. The van der Waals surface area contributed by atoms with E-state index >= 15 is 0 Å². The maximum atomic E-state index is 13.3. The van der Waals surface area contributed by atoms with E-state index in [9.17, 15) is 9.59 Å². The van der Waals surface area contributed by atoms with E-state index < -0.39 is 0 Å². The van der Waals surface area contributed by atoms with Gasteiger partial charge >= 0.3 is 0 Å². The first-order valence-electron chi connectivity index (χ1n) is 9.93. The third kappa shape index (κ3) is 4.69. The van der Waals surface area contributed by atoms with Crippen molar-refractivity contribution in [2.45, 2.75) is 44.3 Å². The highest BCUT2D eigenvalue weighted by Gasteiger charge is 2.22. The zero-order valence-corrected chi connectivity index (χ0v) is 21.8. The number of benzene rings is 1. The first-order valence-corrected chi connectivity index (χ1v) is 13.3. The van der Waals surface area contributed by atoms with Gasteiger partial charge in [-0.15, -0.1) is 17.9 Å². The van der Waals surface area contributed by atoms with Crippen LogP contribution in [0.2, 0.25) is 0 Å². The Bertz CT molecular complexity index is 1230. The van der Waals surface area contributed by atoms with Gasteiger partial charge in [-0.3, -0.25) is 14.2 Å². The number of hydrogen-bond donors (Lipinski definition) is 1. The van der Waals surface area contributed by atoms with E-state index in [2.05, 4.69) is 43.8 Å². The van der Waals surface area contributed by atoms with Gasteiger partial charge in [-0.25, -0.2) is 4.98 Å². The van der Waals surface area contributed by atoms with Crippen LogP contribution in [0.25, 0.3) is 10.2 Å². The Balaban J connectivity index is 1.61. The van der Waals surface area contributed by atoms with Crippen LogP contribution in [0.3, 0.4) is 0 Å². The summed E-state index contributed by atoms with van der Waals surface area (Å²) in [5.74, 6) is -0.0207. The van der Waals surface area contributed by atoms with E-state index in [1.807, 2.05) is 19.1 Å². The van der Waals surface area contributed by atoms with Crippen LogP contribution in [0.5, 0.6) is 0 Å². The lowest BCUT2D eigenvalue weighted by Gasteiger charge is -2.13. The zero-order chi connectivity index (χ0) is 22.1. The molecule has 162 valence electrons. The molecular weight excluding hydrogens is 562 g/mol. The molecule has 1 aliphatic rings. The van der Waals surface area contributed by atoms with E-state index in [0.717, 1.165) is 50.4 Å². The molecule has 1 aliphatic carbocycles. The number of fused-ring (bicyclic) bond motifs is 3. The summed E-state index contributed by atoms with van der Waals surface area (Å²) in [6, 6.07) is 3.90. The number of halogens is 2. The molecule has 2 aromatic heterocycles. The number of nitrogens with zero attached hydrogens (tertiary/aromatic N) is 2. The van der Waals surface area contributed by atoms with Gasteiger partial charge in [0, 0.05) is 20.4 Å². The van der Waals surface area contributed by atoms with Gasteiger partial charge in [0.15, 0.2) is 5.16 Å². The fraction of sp³-hybridized carbons (Fsp3) is 0.318. The van der Waals surface area contributed by atoms with Crippen molar-refractivity contribution in [3.8, 4) is 0 Å². The van der Waals surface area contributed by atoms with Gasteiger partial charge < -0.3 is 5.32 Å². The Morgan fingerprint density at radius 3 is 2.74 bits per heavy atom. The van der Waals surface area contributed by atoms with Crippen LogP contribution in [0.1, 0.15) is 28.8 Å². The monoisotopic (exact) mass is 581 g/mol. The number of allylic oxidation sites excluding steroid dienone is 1. The van der Waals surface area contributed by atoms with Crippen LogP contribution in [0.4, 0.5) is 5.69 Å². The van der Waals surface area contributed by atoms with E-state index in [-0.39, 0.29) is 17.2 Å². The summed E-state index contributed by atoms with van der Waals surface area (Å²) in [6.07, 6.45) is 5.92. The average molecular weight is 583 g/mol. The number of rotatable bonds is 6. The van der Waals surface area contributed by atoms with Crippen molar-refractivity contribution in [1.29, 1.82) is 0 Å². The molecule has 31 heavy (non-hydrogen) atoms. The molecule has 0 radical (unpaired) electrons. The summed E-state index contributed by atoms with van der Waals surface area (Å²) in [5, 5.41) is 4.23. The van der Waals surface area contributed by atoms with Gasteiger partial charge in [-0.1, -0.05) is 17.8 Å². The molecule has 0 saturated carbocycles. The number of anilines is 1. The average Bonchev–Trinajstić information content (AvgIpc) is 3.10. The molecule has 0 saturated heterocycles. The smallest absolute Gasteiger partial charge is 0.263 e. The van der Waals surface area contributed by atoms with E-state index in [0.29, 0.717) is 17.4 Å². The SMILES string of the molecule is C=CCn1c(SCC(=O)Nc2c(Br)cc(C)cc2Br)nc2sc3c(c2c1=O)CCCC3. The fourth-order valence-electron chi connectivity index (χ4n) is 3.74. The topological polar surface area (TPSA) is 64.0 Å². The normalized spacial score (nSPS) is 13.3. The lowest BCUT2D eigenvalue weighted by molar-refractivity contribution is -0.113. The lowest BCUT2D eigenvalue weighted by Crippen LogP contribution is -2.24. The summed E-state index contributed by atoms with van der Waals surface area (Å²) >= 11 is 9.89. The Kier molecular flexibility index (Phi) is 7.05. The summed E-state index contributed by atoms with van der Waals surface area (Å²) < 4.78 is 3.25. The van der Waals surface area contributed by atoms with Crippen molar-refractivity contribution in [3.63, 3.8) is 0 Å². The molecule has 1 amide bonds. The number of thioether (sulfide) groups is 1. The van der Waals surface area contributed by atoms with Gasteiger partial charge in [0.25, 0.3) is 5.56 Å². The molecule has 0 unspecified atom stereocenters. The predicted octanol–water partition coefficient (Wildman–Crippen LogP) is 6.09. The summed E-state index contributed by atoms with van der Waals surface area (Å²) in [5.41, 5.74) is 2.91. The van der Waals surface area contributed by atoms with E-state index in [1.54, 1.807) is 22.0 Å². The molecule has 1 aromatic carbocycles. The summed E-state index contributed by atoms with van der Waals surface area (Å²) in [7, 11) is 0. The highest BCUT2D eigenvalue weighted by Crippen LogP contribution is 2.35. The van der Waals surface area contributed by atoms with Crippen molar-refractivity contribution in [2.24, 2.45) is 0 Å². The first-order chi connectivity index (χ1) is 14.9. The highest BCUT2D eigenvalue weighted by atomic mass is 79.9. The van der Waals surface area contributed by atoms with Gasteiger partial charge in [0.1, 0.15) is 4.83 Å². The molecule has 0 fully saturated rings. The van der Waals surface area contributed by atoms with Crippen molar-refractivity contribution >= 4 is 76.8 Å². The van der Waals surface area contributed by atoms with Gasteiger partial charge in [0.2, 0.25) is 5.91 Å². The second-order valence-electron chi connectivity index (χ2n) is 7.43. The minimum absolute atomic E-state index is 0.0313. The molecular formula is C22H21Br2N3O2S2. The molecule has 0 spiro atoms. The predicted molar refractivity (Wildman–Crippen MR) is 137 cm³/mol. The summed E-state index contributed by atoms with van der Waals surface area (Å²) in [6.45, 7) is 6.14. The van der Waals surface area contributed by atoms with E-state index in [1.165, 1.54) is 22.2 Å². The van der Waals surface area contributed by atoms with Gasteiger partial charge in [-0.2, -0.15) is 0 Å². The minimum atomic E-state index is -0.166. The third-order valence-electron chi connectivity index (χ3n) is 5.13. The number of nitrogens with one attached hydrogen (secondary N) is 1. The van der Waals surface area contributed by atoms with Crippen LogP contribution in [0.15, 0.2) is 43.7 Å². The molecule has 0 aliphatic heterocycles. The lowest BCUT2D eigenvalue weighted by atomic mass is 9.97. The Labute approximate surface area is 205 Å². The van der Waals surface area contributed by atoms with Gasteiger partial charge in [-0.05, 0) is 87.7 Å². The van der Waals surface area contributed by atoms with Crippen molar-refractivity contribution in [2.75, 3.05) is 11.1 Å². The number of carbonyl (C=O) groups excluding carboxylic acids is 1. The molecule has 0 atom stereocenters. The number of aromatic nitrogens is 2. The van der Waals surface area contributed by atoms with Crippen molar-refractivity contribution < 1.29 is 4.79 Å². The molecule has 2 heterocycles. The van der Waals surface area contributed by atoms with Crippen LogP contribution < -0.4 is 10.9 Å². The van der Waals surface area contributed by atoms with Crippen molar-refractivity contribution in [1.82, 2.24) is 9.55 Å². The molecule has 3 aromatic rings. The van der Waals surface area contributed by atoms with Crippen LogP contribution >= 0.6 is 55.0 Å². The standard InChI is InChI=1S/C22H21Br2N3O2S2/c1-3-8-27-21(29)18-13-6-4-5-7-16(13)31-20(18)26-22(27)30-11-17(28)25-19-14(23)9-12(2)10-15(19)24/h3,9-10H,1,4-8,11H2,2H3,(H,25,28). The molecule has 0 bridgehead atoms.